The van der Waals surface area contributed by atoms with Crippen molar-refractivity contribution in [1.82, 2.24) is 10.2 Å². The van der Waals surface area contributed by atoms with Gasteiger partial charge in [0.25, 0.3) is 17.7 Å². The lowest BCUT2D eigenvalue weighted by Crippen LogP contribution is -2.24. The molecule has 1 aliphatic heterocycles. The highest BCUT2D eigenvalue weighted by atomic mass is 16.5. The van der Waals surface area contributed by atoms with Crippen molar-refractivity contribution < 1.29 is 19.1 Å². The Labute approximate surface area is 180 Å². The maximum atomic E-state index is 12.6. The van der Waals surface area contributed by atoms with Crippen LogP contribution in [0.1, 0.15) is 47.8 Å². The van der Waals surface area contributed by atoms with Crippen LogP contribution in [-0.4, -0.2) is 29.7 Å². The molecule has 3 aromatic rings. The van der Waals surface area contributed by atoms with Gasteiger partial charge >= 0.3 is 0 Å². The van der Waals surface area contributed by atoms with Gasteiger partial charge in [0.2, 0.25) is 0 Å². The molecular weight excluding hydrogens is 392 g/mol. The fraction of sp³-hybridized carbons (Fsp3) is 0.160. The number of fused-ring (bicyclic) bond motifs is 1. The van der Waals surface area contributed by atoms with Gasteiger partial charge in [0.1, 0.15) is 0 Å². The second-order valence-corrected chi connectivity index (χ2v) is 7.41. The van der Waals surface area contributed by atoms with Crippen molar-refractivity contribution in [2.24, 2.45) is 0 Å². The number of carbonyl (C=O) groups is 3. The topological polar surface area (TPSA) is 75.7 Å². The summed E-state index contributed by atoms with van der Waals surface area (Å²) in [6, 6.07) is 22.4. The summed E-state index contributed by atoms with van der Waals surface area (Å²) in [5, 5.41) is 2.86. The largest absolute Gasteiger partial charge is 0.372 e. The Hall–Kier alpha value is -3.77. The minimum absolute atomic E-state index is 0.262. The average Bonchev–Trinajstić information content (AvgIpc) is 3.02. The maximum absolute atomic E-state index is 12.6. The Morgan fingerprint density at radius 2 is 1.48 bits per heavy atom. The number of hydrogen-bond acceptors (Lipinski definition) is 4. The maximum Gasteiger partial charge on any atom is 0.261 e. The second kappa shape index (κ2) is 8.93. The summed E-state index contributed by atoms with van der Waals surface area (Å²) in [6.07, 6.45) is 0. The number of ether oxygens (including phenoxy) is 1. The van der Waals surface area contributed by atoms with Crippen molar-refractivity contribution in [3.05, 3.63) is 106 Å². The molecule has 0 aromatic heterocycles. The lowest BCUT2D eigenvalue weighted by Gasteiger charge is -2.09. The molecule has 0 saturated heterocycles. The van der Waals surface area contributed by atoms with E-state index in [1.807, 2.05) is 54.6 Å². The standard InChI is InChI=1S/C25H22N2O4/c1-27-24(29)21-11-10-20(13-22(21)25(27)30)23(28)26-14-18-8-5-9-19(12-18)16-31-15-17-6-3-2-4-7-17/h2-13H,14-16H2,1H3,(H,26,28). The molecule has 0 saturated carbocycles. The molecule has 0 fully saturated rings. The Balaban J connectivity index is 1.34. The first-order chi connectivity index (χ1) is 15.0. The normalized spacial score (nSPS) is 12.7. The predicted molar refractivity (Wildman–Crippen MR) is 115 cm³/mol. The molecule has 1 N–H and O–H groups in total. The van der Waals surface area contributed by atoms with Gasteiger partial charge in [0.05, 0.1) is 24.3 Å². The van der Waals surface area contributed by atoms with Gasteiger partial charge < -0.3 is 10.1 Å². The third-order valence-corrected chi connectivity index (χ3v) is 5.18. The highest BCUT2D eigenvalue weighted by molar-refractivity contribution is 6.21. The second-order valence-electron chi connectivity index (χ2n) is 7.41. The lowest BCUT2D eigenvalue weighted by molar-refractivity contribution is 0.0693. The fourth-order valence-electron chi connectivity index (χ4n) is 3.48. The van der Waals surface area contributed by atoms with Crippen molar-refractivity contribution in [1.29, 1.82) is 0 Å². The lowest BCUT2D eigenvalue weighted by atomic mass is 10.1. The Bertz CT molecular complexity index is 1140. The number of rotatable bonds is 7. The average molecular weight is 414 g/mol. The summed E-state index contributed by atoms with van der Waals surface area (Å²) in [6.45, 7) is 1.36. The molecule has 0 atom stereocenters. The molecule has 0 unspecified atom stereocenters. The van der Waals surface area contributed by atoms with Crippen LogP contribution in [0.25, 0.3) is 0 Å². The van der Waals surface area contributed by atoms with Gasteiger partial charge in [-0.1, -0.05) is 54.6 Å². The van der Waals surface area contributed by atoms with Crippen molar-refractivity contribution in [3.63, 3.8) is 0 Å². The molecule has 1 aliphatic rings. The van der Waals surface area contributed by atoms with Crippen LogP contribution in [0, 0.1) is 0 Å². The monoisotopic (exact) mass is 414 g/mol. The highest BCUT2D eigenvalue weighted by Crippen LogP contribution is 2.22. The van der Waals surface area contributed by atoms with Gasteiger partial charge in [-0.3, -0.25) is 19.3 Å². The first kappa shape index (κ1) is 20.5. The van der Waals surface area contributed by atoms with Crippen LogP contribution in [0.3, 0.4) is 0 Å². The molecular formula is C25H22N2O4. The molecule has 0 aliphatic carbocycles. The molecule has 6 nitrogen and oxygen atoms in total. The predicted octanol–water partition coefficient (Wildman–Crippen LogP) is 3.56. The minimum atomic E-state index is -0.391. The molecule has 31 heavy (non-hydrogen) atoms. The van der Waals surface area contributed by atoms with Gasteiger partial charge in [-0.25, -0.2) is 0 Å². The van der Waals surface area contributed by atoms with Crippen LogP contribution in [0.2, 0.25) is 0 Å². The van der Waals surface area contributed by atoms with Gasteiger partial charge in [-0.05, 0) is 34.9 Å². The molecule has 3 aromatic carbocycles. The Morgan fingerprint density at radius 1 is 0.806 bits per heavy atom. The van der Waals surface area contributed by atoms with E-state index in [2.05, 4.69) is 5.32 Å². The number of carbonyl (C=O) groups excluding carboxylic acids is 3. The zero-order valence-electron chi connectivity index (χ0n) is 17.1. The molecule has 0 spiro atoms. The third-order valence-electron chi connectivity index (χ3n) is 5.18. The van der Waals surface area contributed by atoms with Crippen molar-refractivity contribution in [2.75, 3.05) is 7.05 Å². The minimum Gasteiger partial charge on any atom is -0.372 e. The molecule has 0 bridgehead atoms. The van der Waals surface area contributed by atoms with Crippen LogP contribution in [0.5, 0.6) is 0 Å². The van der Waals surface area contributed by atoms with Gasteiger partial charge in [0.15, 0.2) is 0 Å². The molecule has 1 heterocycles. The van der Waals surface area contributed by atoms with E-state index in [9.17, 15) is 14.4 Å². The Kier molecular flexibility index (Phi) is 5.91. The van der Waals surface area contributed by atoms with E-state index in [-0.39, 0.29) is 17.4 Å². The molecule has 3 amide bonds. The van der Waals surface area contributed by atoms with Crippen LogP contribution in [0.4, 0.5) is 0 Å². The van der Waals surface area contributed by atoms with Crippen LogP contribution >= 0.6 is 0 Å². The van der Waals surface area contributed by atoms with Crippen molar-refractivity contribution in [3.8, 4) is 0 Å². The van der Waals surface area contributed by atoms with Crippen LogP contribution < -0.4 is 5.32 Å². The van der Waals surface area contributed by atoms with Crippen LogP contribution in [0.15, 0.2) is 72.8 Å². The third kappa shape index (κ3) is 4.54. The number of amides is 3. The first-order valence-corrected chi connectivity index (χ1v) is 9.97. The zero-order valence-corrected chi connectivity index (χ0v) is 17.1. The van der Waals surface area contributed by atoms with Crippen LogP contribution in [-0.2, 0) is 24.5 Å². The van der Waals surface area contributed by atoms with Crippen molar-refractivity contribution >= 4 is 17.7 Å². The summed E-state index contributed by atoms with van der Waals surface area (Å²) >= 11 is 0. The molecule has 0 radical (unpaired) electrons. The zero-order chi connectivity index (χ0) is 21.8. The molecule has 156 valence electrons. The smallest absolute Gasteiger partial charge is 0.261 e. The van der Waals surface area contributed by atoms with E-state index >= 15 is 0 Å². The fourth-order valence-corrected chi connectivity index (χ4v) is 3.48. The molecule has 4 rings (SSSR count). The summed E-state index contributed by atoms with van der Waals surface area (Å²) in [5.41, 5.74) is 4.02. The van der Waals surface area contributed by atoms with Crippen molar-refractivity contribution in [2.45, 2.75) is 19.8 Å². The van der Waals surface area contributed by atoms with Gasteiger partial charge in [-0.15, -0.1) is 0 Å². The van der Waals surface area contributed by atoms with E-state index in [4.69, 9.17) is 4.74 Å². The highest BCUT2D eigenvalue weighted by Gasteiger charge is 2.33. The van der Waals surface area contributed by atoms with E-state index in [1.54, 1.807) is 6.07 Å². The summed E-state index contributed by atoms with van der Waals surface area (Å²) in [5.74, 6) is -1.04. The summed E-state index contributed by atoms with van der Waals surface area (Å²) < 4.78 is 5.77. The van der Waals surface area contributed by atoms with Gasteiger partial charge in [0, 0.05) is 19.2 Å². The Morgan fingerprint density at radius 3 is 2.29 bits per heavy atom. The summed E-state index contributed by atoms with van der Waals surface area (Å²) in [4.78, 5) is 37.7. The summed E-state index contributed by atoms with van der Waals surface area (Å²) in [7, 11) is 1.43. The number of nitrogens with zero attached hydrogens (tertiary/aromatic N) is 1. The van der Waals surface area contributed by atoms with E-state index in [0.717, 1.165) is 21.6 Å². The first-order valence-electron chi connectivity index (χ1n) is 9.97. The quantitative estimate of drug-likeness (QED) is 0.600. The van der Waals surface area contributed by atoms with E-state index in [0.29, 0.717) is 30.9 Å². The number of hydrogen-bond donors (Lipinski definition) is 1. The van der Waals surface area contributed by atoms with Gasteiger partial charge in [-0.2, -0.15) is 0 Å². The number of imide groups is 1. The number of nitrogens with one attached hydrogen (secondary N) is 1. The van der Waals surface area contributed by atoms with E-state index < -0.39 is 5.91 Å². The SMILES string of the molecule is CN1C(=O)c2ccc(C(=O)NCc3cccc(COCc4ccccc4)c3)cc2C1=O. The van der Waals surface area contributed by atoms with E-state index in [1.165, 1.54) is 19.2 Å². The number of benzene rings is 3. The molecule has 6 heteroatoms.